The van der Waals surface area contributed by atoms with Crippen LogP contribution in [0.5, 0.6) is 0 Å². The second-order valence-electron chi connectivity index (χ2n) is 4.02. The maximum absolute atomic E-state index is 11.2. The first-order valence-corrected chi connectivity index (χ1v) is 5.76. The van der Waals surface area contributed by atoms with Gasteiger partial charge in [0, 0.05) is 5.56 Å². The number of anilines is 2. The SMILES string of the molecule is COC(=O)c1ccc(Nc2oc(C)c(C)c2C#N)nn1. The quantitative estimate of drug-likeness (QED) is 0.853. The number of carbonyl (C=O) groups excluding carboxylic acids is 1. The molecule has 0 aliphatic carbocycles. The van der Waals surface area contributed by atoms with Crippen LogP contribution in [0.4, 0.5) is 11.7 Å². The number of carbonyl (C=O) groups is 1. The largest absolute Gasteiger partial charge is 0.464 e. The third kappa shape index (κ3) is 2.44. The lowest BCUT2D eigenvalue weighted by Crippen LogP contribution is -2.06. The Balaban J connectivity index is 2.25. The number of nitriles is 1. The number of aromatic nitrogens is 2. The van der Waals surface area contributed by atoms with Crippen LogP contribution in [-0.4, -0.2) is 23.3 Å². The summed E-state index contributed by atoms with van der Waals surface area (Å²) in [5, 5.41) is 19.5. The van der Waals surface area contributed by atoms with E-state index in [0.29, 0.717) is 23.0 Å². The molecule has 2 heterocycles. The highest BCUT2D eigenvalue weighted by molar-refractivity contribution is 5.87. The summed E-state index contributed by atoms with van der Waals surface area (Å²) >= 11 is 0. The molecule has 7 heteroatoms. The Morgan fingerprint density at radius 1 is 1.40 bits per heavy atom. The molecule has 2 aromatic heterocycles. The molecule has 1 N–H and O–H groups in total. The molecule has 20 heavy (non-hydrogen) atoms. The van der Waals surface area contributed by atoms with Crippen LogP contribution in [0.1, 0.15) is 27.4 Å². The van der Waals surface area contributed by atoms with E-state index < -0.39 is 5.97 Å². The van der Waals surface area contributed by atoms with Crippen molar-refractivity contribution in [3.8, 4) is 6.07 Å². The molecule has 0 atom stereocenters. The summed E-state index contributed by atoms with van der Waals surface area (Å²) in [6.45, 7) is 3.57. The third-order valence-electron chi connectivity index (χ3n) is 2.80. The molecule has 0 aliphatic heterocycles. The van der Waals surface area contributed by atoms with Gasteiger partial charge in [-0.25, -0.2) is 4.79 Å². The van der Waals surface area contributed by atoms with Gasteiger partial charge in [0.15, 0.2) is 11.5 Å². The number of hydrogen-bond donors (Lipinski definition) is 1. The minimum atomic E-state index is -0.563. The second kappa shape index (κ2) is 5.40. The first-order chi connectivity index (χ1) is 9.56. The van der Waals surface area contributed by atoms with Crippen LogP contribution in [0.2, 0.25) is 0 Å². The van der Waals surface area contributed by atoms with E-state index in [9.17, 15) is 4.79 Å². The molecule has 0 aromatic carbocycles. The van der Waals surface area contributed by atoms with E-state index >= 15 is 0 Å². The molecule has 0 saturated heterocycles. The van der Waals surface area contributed by atoms with E-state index in [0.717, 1.165) is 5.56 Å². The number of esters is 1. The molecule has 0 spiro atoms. The van der Waals surface area contributed by atoms with E-state index in [1.807, 2.05) is 0 Å². The van der Waals surface area contributed by atoms with Crippen molar-refractivity contribution in [2.45, 2.75) is 13.8 Å². The fraction of sp³-hybridized carbons (Fsp3) is 0.231. The highest BCUT2D eigenvalue weighted by atomic mass is 16.5. The molecule has 7 nitrogen and oxygen atoms in total. The topological polar surface area (TPSA) is 101 Å². The Morgan fingerprint density at radius 2 is 2.15 bits per heavy atom. The molecule has 102 valence electrons. The van der Waals surface area contributed by atoms with E-state index in [4.69, 9.17) is 9.68 Å². The zero-order valence-electron chi connectivity index (χ0n) is 11.2. The molecule has 2 aromatic rings. The monoisotopic (exact) mass is 272 g/mol. The molecule has 0 fully saturated rings. The summed E-state index contributed by atoms with van der Waals surface area (Å²) < 4.78 is 9.97. The van der Waals surface area contributed by atoms with Gasteiger partial charge in [-0.3, -0.25) is 0 Å². The Hall–Kier alpha value is -2.88. The van der Waals surface area contributed by atoms with Crippen LogP contribution >= 0.6 is 0 Å². The fourth-order valence-corrected chi connectivity index (χ4v) is 1.58. The average Bonchev–Trinajstić information content (AvgIpc) is 2.73. The maximum atomic E-state index is 11.2. The minimum absolute atomic E-state index is 0.102. The molecule has 0 radical (unpaired) electrons. The van der Waals surface area contributed by atoms with Crippen molar-refractivity contribution in [1.29, 1.82) is 5.26 Å². The van der Waals surface area contributed by atoms with Crippen molar-refractivity contribution in [1.82, 2.24) is 10.2 Å². The van der Waals surface area contributed by atoms with Crippen molar-refractivity contribution in [2.75, 3.05) is 12.4 Å². The number of methoxy groups -OCH3 is 1. The maximum Gasteiger partial charge on any atom is 0.358 e. The Morgan fingerprint density at radius 3 is 2.70 bits per heavy atom. The lowest BCUT2D eigenvalue weighted by molar-refractivity contribution is 0.0593. The van der Waals surface area contributed by atoms with Crippen LogP contribution < -0.4 is 5.32 Å². The van der Waals surface area contributed by atoms with Crippen LogP contribution in [0, 0.1) is 25.2 Å². The zero-order valence-corrected chi connectivity index (χ0v) is 11.2. The van der Waals surface area contributed by atoms with Gasteiger partial charge in [-0.1, -0.05) is 0 Å². The third-order valence-corrected chi connectivity index (χ3v) is 2.80. The van der Waals surface area contributed by atoms with Crippen LogP contribution in [-0.2, 0) is 4.74 Å². The smallest absolute Gasteiger partial charge is 0.358 e. The summed E-state index contributed by atoms with van der Waals surface area (Å²) in [6, 6.07) is 5.08. The number of aryl methyl sites for hydroxylation is 1. The molecular weight excluding hydrogens is 260 g/mol. The fourth-order valence-electron chi connectivity index (χ4n) is 1.58. The molecule has 0 bridgehead atoms. The van der Waals surface area contributed by atoms with Crippen molar-refractivity contribution < 1.29 is 13.9 Å². The summed E-state index contributed by atoms with van der Waals surface area (Å²) in [5.41, 5.74) is 1.29. The van der Waals surface area contributed by atoms with Crippen LogP contribution in [0.25, 0.3) is 0 Å². The van der Waals surface area contributed by atoms with Gasteiger partial charge in [-0.2, -0.15) is 5.26 Å². The van der Waals surface area contributed by atoms with Crippen LogP contribution in [0.15, 0.2) is 16.5 Å². The van der Waals surface area contributed by atoms with Gasteiger partial charge in [0.25, 0.3) is 0 Å². The minimum Gasteiger partial charge on any atom is -0.464 e. The Labute approximate surface area is 115 Å². The van der Waals surface area contributed by atoms with Gasteiger partial charge >= 0.3 is 5.97 Å². The molecule has 2 rings (SSSR count). The summed E-state index contributed by atoms with van der Waals surface area (Å²) in [4.78, 5) is 11.2. The van der Waals surface area contributed by atoms with E-state index in [1.165, 1.54) is 13.2 Å². The van der Waals surface area contributed by atoms with Gasteiger partial charge in [0.05, 0.1) is 7.11 Å². The van der Waals surface area contributed by atoms with Crippen molar-refractivity contribution in [2.24, 2.45) is 0 Å². The Kier molecular flexibility index (Phi) is 3.66. The van der Waals surface area contributed by atoms with Gasteiger partial charge in [-0.05, 0) is 26.0 Å². The normalized spacial score (nSPS) is 9.90. The number of ether oxygens (including phenoxy) is 1. The standard InChI is InChI=1S/C13H12N4O3/c1-7-8(2)20-12(9(7)6-14)15-11-5-4-10(16-17-11)13(18)19-3/h4-5H,1-3H3,(H,15,17). The summed E-state index contributed by atoms with van der Waals surface area (Å²) in [7, 11) is 1.27. The average molecular weight is 272 g/mol. The molecule has 0 unspecified atom stereocenters. The van der Waals surface area contributed by atoms with E-state index in [1.54, 1.807) is 19.9 Å². The molecule has 0 saturated carbocycles. The lowest BCUT2D eigenvalue weighted by Gasteiger charge is -2.02. The predicted octanol–water partition coefficient (Wildman–Crippen LogP) is 2.09. The number of rotatable bonds is 3. The van der Waals surface area contributed by atoms with Crippen LogP contribution in [0.3, 0.4) is 0 Å². The first-order valence-electron chi connectivity index (χ1n) is 5.76. The van der Waals surface area contributed by atoms with Gasteiger partial charge < -0.3 is 14.5 Å². The lowest BCUT2D eigenvalue weighted by atomic mass is 10.2. The second-order valence-corrected chi connectivity index (χ2v) is 4.02. The zero-order chi connectivity index (χ0) is 14.7. The van der Waals surface area contributed by atoms with Gasteiger partial charge in [0.1, 0.15) is 17.4 Å². The summed E-state index contributed by atoms with van der Waals surface area (Å²) in [6.07, 6.45) is 0. The van der Waals surface area contributed by atoms with Crippen molar-refractivity contribution in [3.05, 3.63) is 34.7 Å². The molecule has 0 aliphatic rings. The summed E-state index contributed by atoms with van der Waals surface area (Å²) in [5.74, 6) is 0.764. The predicted molar refractivity (Wildman–Crippen MR) is 69.6 cm³/mol. The number of hydrogen-bond acceptors (Lipinski definition) is 7. The molecule has 0 amide bonds. The number of nitrogens with one attached hydrogen (secondary N) is 1. The van der Waals surface area contributed by atoms with E-state index in [2.05, 4.69) is 26.3 Å². The van der Waals surface area contributed by atoms with E-state index in [-0.39, 0.29) is 5.69 Å². The highest BCUT2D eigenvalue weighted by Crippen LogP contribution is 2.27. The first kappa shape index (κ1) is 13.5. The Bertz CT molecular complexity index is 683. The van der Waals surface area contributed by atoms with Crippen molar-refractivity contribution in [3.63, 3.8) is 0 Å². The number of nitrogens with zero attached hydrogens (tertiary/aromatic N) is 3. The van der Waals surface area contributed by atoms with Gasteiger partial charge in [-0.15, -0.1) is 10.2 Å². The highest BCUT2D eigenvalue weighted by Gasteiger charge is 2.15. The molecular formula is C13H12N4O3. The van der Waals surface area contributed by atoms with Crippen molar-refractivity contribution >= 4 is 17.7 Å². The number of furan rings is 1. The van der Waals surface area contributed by atoms with Gasteiger partial charge in [0.2, 0.25) is 5.88 Å².